The Labute approximate surface area is 299 Å². The minimum atomic E-state index is -4.29. The summed E-state index contributed by atoms with van der Waals surface area (Å²) in [5.41, 5.74) is 9.76. The number of carbonyl (C=O) groups excluding carboxylic acids is 4. The van der Waals surface area contributed by atoms with Gasteiger partial charge in [-0.1, -0.05) is 70.8 Å². The highest BCUT2D eigenvalue weighted by atomic mass is 31.2. The molecule has 4 aromatic carbocycles. The molecule has 0 atom stereocenters. The van der Waals surface area contributed by atoms with E-state index in [-0.39, 0.29) is 29.8 Å². The molecule has 0 spiro atoms. The van der Waals surface area contributed by atoms with Gasteiger partial charge < -0.3 is 4.57 Å². The molecule has 5 nitrogen and oxygen atoms in total. The van der Waals surface area contributed by atoms with Gasteiger partial charge in [-0.15, -0.1) is 0 Å². The van der Waals surface area contributed by atoms with Gasteiger partial charge in [0.1, 0.15) is 0 Å². The van der Waals surface area contributed by atoms with Gasteiger partial charge in [0.05, 0.1) is 0 Å². The van der Waals surface area contributed by atoms with Gasteiger partial charge in [-0.3, -0.25) is 19.2 Å². The monoisotopic (exact) mass is 708 g/mol. The molecule has 0 aromatic heterocycles. The quantitative estimate of drug-likeness (QED) is 0.137. The summed E-state index contributed by atoms with van der Waals surface area (Å²) in [6.07, 6.45) is -0.0319. The Morgan fingerprint density at radius 2 is 0.680 bits per heavy atom. The first-order valence-electron chi connectivity index (χ1n) is 17.1. The molecule has 0 aliphatic heterocycles. The zero-order valence-corrected chi connectivity index (χ0v) is 33.5. The van der Waals surface area contributed by atoms with Crippen LogP contribution in [0.2, 0.25) is 0 Å². The predicted molar refractivity (Wildman–Crippen MR) is 209 cm³/mol. The van der Waals surface area contributed by atoms with Crippen LogP contribution in [0.4, 0.5) is 0 Å². The fourth-order valence-corrected chi connectivity index (χ4v) is 12.9. The third-order valence-corrected chi connectivity index (χ3v) is 14.5. The summed E-state index contributed by atoms with van der Waals surface area (Å²) in [5, 5.41) is 0. The van der Waals surface area contributed by atoms with E-state index in [0.717, 1.165) is 44.5 Å². The molecule has 7 heteroatoms. The Balaban J connectivity index is 1.84. The minimum absolute atomic E-state index is 0.0970. The second-order valence-corrected chi connectivity index (χ2v) is 19.1. The van der Waals surface area contributed by atoms with Crippen molar-refractivity contribution in [2.75, 3.05) is 12.3 Å². The largest absolute Gasteiger partial charge is 0.307 e. The molecule has 0 unspecified atom stereocenters. The van der Waals surface area contributed by atoms with Crippen molar-refractivity contribution < 1.29 is 23.7 Å². The molecule has 0 saturated carbocycles. The number of benzene rings is 4. The van der Waals surface area contributed by atoms with Gasteiger partial charge in [0.25, 0.3) is 0 Å². The van der Waals surface area contributed by atoms with Crippen LogP contribution in [0.25, 0.3) is 0 Å². The normalized spacial score (nSPS) is 11.6. The molecular formula is C43H50O5P2. The smallest absolute Gasteiger partial charge is 0.229 e. The lowest BCUT2D eigenvalue weighted by molar-refractivity contribution is 0.102. The summed E-state index contributed by atoms with van der Waals surface area (Å²) in [5.74, 6) is 0. The van der Waals surface area contributed by atoms with Crippen LogP contribution in [0.1, 0.15) is 115 Å². The van der Waals surface area contributed by atoms with Gasteiger partial charge in [-0.25, -0.2) is 0 Å². The van der Waals surface area contributed by atoms with E-state index in [1.165, 1.54) is 0 Å². The second-order valence-electron chi connectivity index (χ2n) is 14.3. The summed E-state index contributed by atoms with van der Waals surface area (Å²) in [7, 11) is -6.26. The number of rotatable bonds is 12. The zero-order chi connectivity index (χ0) is 37.4. The summed E-state index contributed by atoms with van der Waals surface area (Å²) in [6, 6.07) is 15.3. The highest BCUT2D eigenvalue weighted by Crippen LogP contribution is 2.56. The van der Waals surface area contributed by atoms with Crippen LogP contribution >= 0.6 is 15.1 Å². The molecule has 0 N–H and O–H groups in total. The van der Waals surface area contributed by atoms with Crippen LogP contribution in [0.15, 0.2) is 48.5 Å². The lowest BCUT2D eigenvalue weighted by atomic mass is 10.0. The lowest BCUT2D eigenvalue weighted by Crippen LogP contribution is -2.19. The molecule has 0 amide bonds. The first-order chi connectivity index (χ1) is 23.3. The van der Waals surface area contributed by atoms with E-state index in [1.54, 1.807) is 27.7 Å². The van der Waals surface area contributed by atoms with Crippen LogP contribution in [-0.4, -0.2) is 34.4 Å². The molecule has 4 rings (SSSR count). The summed E-state index contributed by atoms with van der Waals surface area (Å²) in [4.78, 5) is 58.1. The molecule has 0 heterocycles. The Morgan fingerprint density at radius 3 is 0.940 bits per heavy atom. The highest BCUT2D eigenvalue weighted by Gasteiger charge is 2.43. The van der Waals surface area contributed by atoms with Gasteiger partial charge in [0, 0.05) is 36.3 Å². The zero-order valence-electron chi connectivity index (χ0n) is 31.7. The third-order valence-electron chi connectivity index (χ3n) is 9.56. The van der Waals surface area contributed by atoms with Gasteiger partial charge in [-0.2, -0.15) is 0 Å². The van der Waals surface area contributed by atoms with E-state index in [9.17, 15) is 19.2 Å². The molecule has 0 fully saturated rings. The molecule has 0 aliphatic rings. The summed E-state index contributed by atoms with van der Waals surface area (Å²) >= 11 is 0. The Hall–Kier alpha value is -3.78. The minimum Gasteiger partial charge on any atom is -0.307 e. The van der Waals surface area contributed by atoms with E-state index < -0.39 is 26.1 Å². The van der Waals surface area contributed by atoms with Gasteiger partial charge in [0.15, 0.2) is 11.0 Å². The van der Waals surface area contributed by atoms with E-state index >= 15 is 4.57 Å². The molecule has 0 aliphatic carbocycles. The van der Waals surface area contributed by atoms with Gasteiger partial charge >= 0.3 is 0 Å². The van der Waals surface area contributed by atoms with Crippen LogP contribution in [0.5, 0.6) is 0 Å². The van der Waals surface area contributed by atoms with Crippen LogP contribution < -0.4 is 0 Å². The summed E-state index contributed by atoms with van der Waals surface area (Å²) in [6.45, 7) is 22.6. The van der Waals surface area contributed by atoms with Crippen LogP contribution in [-0.2, 0) is 4.57 Å². The fraction of sp³-hybridized carbons (Fsp3) is 0.349. The van der Waals surface area contributed by atoms with Crippen molar-refractivity contribution in [1.82, 2.24) is 0 Å². The van der Waals surface area contributed by atoms with Crippen molar-refractivity contribution >= 4 is 37.2 Å². The first-order valence-corrected chi connectivity index (χ1v) is 20.6. The molecule has 0 saturated heterocycles. The average Bonchev–Trinajstić information content (AvgIpc) is 2.96. The Bertz CT molecular complexity index is 1880. The maximum absolute atomic E-state index is 15.3. The van der Waals surface area contributed by atoms with Crippen molar-refractivity contribution in [2.24, 2.45) is 0 Å². The summed E-state index contributed by atoms with van der Waals surface area (Å²) < 4.78 is 15.3. The van der Waals surface area contributed by atoms with Crippen molar-refractivity contribution in [1.29, 1.82) is 0 Å². The van der Waals surface area contributed by atoms with E-state index in [0.29, 0.717) is 44.5 Å². The van der Waals surface area contributed by atoms with Gasteiger partial charge in [0.2, 0.25) is 18.2 Å². The Kier molecular flexibility index (Phi) is 11.9. The average molecular weight is 709 g/mol. The highest BCUT2D eigenvalue weighted by molar-refractivity contribution is 7.95. The van der Waals surface area contributed by atoms with Crippen LogP contribution in [0.3, 0.4) is 0 Å². The topological polar surface area (TPSA) is 85.3 Å². The van der Waals surface area contributed by atoms with E-state index in [2.05, 4.69) is 0 Å². The predicted octanol–water partition coefficient (Wildman–Crippen LogP) is 11.3. The molecule has 4 aromatic rings. The number of carbonyl (C=O) groups is 4. The number of aryl methyl sites for hydroxylation is 12. The standard InChI is InChI=1S/C43H50O5P2/c1-24-16-28(5)36(29(6)17-24)40(44)49(41(45)37-30(7)18-25(2)19-31(37)8)14-13-15-50(48,42(46)38-32(9)20-26(3)21-33(38)10)43(47)39-34(11)22-27(4)23-35(39)12/h16-23H,13-15H2,1-12H3. The van der Waals surface area contributed by atoms with Crippen LogP contribution in [0, 0.1) is 83.1 Å². The van der Waals surface area contributed by atoms with Crippen molar-refractivity contribution in [3.63, 3.8) is 0 Å². The van der Waals surface area contributed by atoms with Gasteiger partial charge in [-0.05, 0) is 140 Å². The first kappa shape index (κ1) is 39.0. The molecule has 50 heavy (non-hydrogen) atoms. The maximum atomic E-state index is 15.3. The van der Waals surface area contributed by atoms with Crippen molar-refractivity contribution in [3.05, 3.63) is 138 Å². The molecular weight excluding hydrogens is 658 g/mol. The fourth-order valence-electron chi connectivity index (χ4n) is 7.74. The van der Waals surface area contributed by atoms with E-state index in [1.807, 2.05) is 104 Å². The lowest BCUT2D eigenvalue weighted by Gasteiger charge is -2.23. The molecule has 0 bridgehead atoms. The molecule has 262 valence electrons. The van der Waals surface area contributed by atoms with Crippen molar-refractivity contribution in [2.45, 2.75) is 89.5 Å². The number of hydrogen-bond donors (Lipinski definition) is 0. The second kappa shape index (κ2) is 15.2. The van der Waals surface area contributed by atoms with Crippen molar-refractivity contribution in [3.8, 4) is 0 Å². The Morgan fingerprint density at radius 1 is 0.440 bits per heavy atom. The SMILES string of the molecule is Cc1cc(C)c(C(=O)P(CCCP(=O)(C(=O)c2c(C)cc(C)cc2C)C(=O)c2c(C)cc(C)cc2C)C(=O)c2c(C)cc(C)cc2C)c(C)c1. The number of hydrogen-bond acceptors (Lipinski definition) is 5. The van der Waals surface area contributed by atoms with E-state index in [4.69, 9.17) is 0 Å². The third kappa shape index (κ3) is 7.75. The maximum Gasteiger partial charge on any atom is 0.229 e. The molecule has 0 radical (unpaired) electrons.